The van der Waals surface area contributed by atoms with E-state index in [1.54, 1.807) is 12.1 Å². The Morgan fingerprint density at radius 2 is 2.00 bits per heavy atom. The van der Waals surface area contributed by atoms with E-state index >= 15 is 0 Å². The molecule has 0 bridgehead atoms. The van der Waals surface area contributed by atoms with E-state index < -0.39 is 17.5 Å². The summed E-state index contributed by atoms with van der Waals surface area (Å²) in [4.78, 5) is 23.1. The van der Waals surface area contributed by atoms with Crippen molar-refractivity contribution in [2.24, 2.45) is 0 Å². The van der Waals surface area contributed by atoms with Gasteiger partial charge in [0.15, 0.2) is 6.10 Å². The molecule has 1 amide bonds. The molecule has 0 spiro atoms. The van der Waals surface area contributed by atoms with Gasteiger partial charge in [-0.1, -0.05) is 23.7 Å². The molecule has 20 heavy (non-hydrogen) atoms. The Bertz CT molecular complexity index is 510. The molecule has 0 aromatic heterocycles. The topological polar surface area (TPSA) is 75.6 Å². The van der Waals surface area contributed by atoms with E-state index in [4.69, 9.17) is 21.4 Å². The lowest BCUT2D eigenvalue weighted by atomic mass is 9.95. The Morgan fingerprint density at radius 3 is 2.45 bits per heavy atom. The summed E-state index contributed by atoms with van der Waals surface area (Å²) in [6.07, 6.45) is 0.482. The highest BCUT2D eigenvalue weighted by molar-refractivity contribution is 6.30. The highest BCUT2D eigenvalue weighted by Gasteiger charge is 2.51. The minimum atomic E-state index is -1.09. The molecule has 0 aliphatic heterocycles. The van der Waals surface area contributed by atoms with Gasteiger partial charge in [0.2, 0.25) is 5.91 Å². The highest BCUT2D eigenvalue weighted by Crippen LogP contribution is 2.48. The van der Waals surface area contributed by atoms with Crippen LogP contribution in [0, 0.1) is 0 Å². The fourth-order valence-corrected chi connectivity index (χ4v) is 2.29. The van der Waals surface area contributed by atoms with Gasteiger partial charge in [-0.05, 0) is 30.5 Å². The van der Waals surface area contributed by atoms with Crippen molar-refractivity contribution < 1.29 is 19.4 Å². The predicted molar refractivity (Wildman–Crippen MR) is 73.8 cm³/mol. The fourth-order valence-electron chi connectivity index (χ4n) is 2.17. The van der Waals surface area contributed by atoms with Crippen LogP contribution in [0.5, 0.6) is 0 Å². The molecule has 2 rings (SSSR count). The first-order chi connectivity index (χ1) is 9.49. The van der Waals surface area contributed by atoms with Gasteiger partial charge in [0.1, 0.15) is 0 Å². The van der Waals surface area contributed by atoms with Crippen LogP contribution in [0.2, 0.25) is 5.02 Å². The maximum Gasteiger partial charge on any atom is 0.334 e. The molecule has 6 heteroatoms. The molecule has 1 aromatic carbocycles. The van der Waals surface area contributed by atoms with Crippen LogP contribution in [0.25, 0.3) is 0 Å². The van der Waals surface area contributed by atoms with E-state index in [0.29, 0.717) is 5.02 Å². The molecule has 2 N–H and O–H groups in total. The maximum atomic E-state index is 12.3. The smallest absolute Gasteiger partial charge is 0.334 e. The number of methoxy groups -OCH3 is 1. The number of nitrogens with one attached hydrogen (secondary N) is 1. The van der Waals surface area contributed by atoms with Gasteiger partial charge in [-0.2, -0.15) is 0 Å². The lowest BCUT2D eigenvalue weighted by Crippen LogP contribution is -2.42. The van der Waals surface area contributed by atoms with Crippen molar-refractivity contribution >= 4 is 23.5 Å². The largest absolute Gasteiger partial charge is 0.479 e. The number of amides is 1. The van der Waals surface area contributed by atoms with E-state index in [2.05, 4.69) is 5.32 Å². The number of hydrogen-bond acceptors (Lipinski definition) is 3. The number of halogens is 1. The Hall–Kier alpha value is -1.59. The molecule has 1 aromatic rings. The summed E-state index contributed by atoms with van der Waals surface area (Å²) < 4.78 is 4.78. The fraction of sp³-hybridized carbons (Fsp3) is 0.429. The van der Waals surface area contributed by atoms with Crippen LogP contribution in [0.1, 0.15) is 18.4 Å². The zero-order valence-corrected chi connectivity index (χ0v) is 11.8. The molecule has 1 aliphatic rings. The van der Waals surface area contributed by atoms with Crippen LogP contribution in [-0.4, -0.2) is 36.7 Å². The molecule has 1 aliphatic carbocycles. The third kappa shape index (κ3) is 2.94. The monoisotopic (exact) mass is 297 g/mol. The van der Waals surface area contributed by atoms with Crippen molar-refractivity contribution in [3.63, 3.8) is 0 Å². The summed E-state index contributed by atoms with van der Waals surface area (Å²) in [5, 5.41) is 12.1. The number of aliphatic carboxylic acids is 1. The van der Waals surface area contributed by atoms with E-state index in [9.17, 15) is 9.59 Å². The summed E-state index contributed by atoms with van der Waals surface area (Å²) in [6.45, 7) is -0.0417. The first kappa shape index (κ1) is 14.8. The van der Waals surface area contributed by atoms with Gasteiger partial charge in [0.05, 0.1) is 12.0 Å². The first-order valence-corrected chi connectivity index (χ1v) is 6.67. The lowest BCUT2D eigenvalue weighted by molar-refractivity contribution is -0.148. The number of carboxylic acids is 1. The van der Waals surface area contributed by atoms with Crippen LogP contribution < -0.4 is 5.32 Å². The summed E-state index contributed by atoms with van der Waals surface area (Å²) >= 11 is 5.84. The molecule has 0 radical (unpaired) electrons. The number of carbonyl (C=O) groups is 2. The second kappa shape index (κ2) is 5.81. The third-order valence-corrected chi connectivity index (χ3v) is 3.84. The number of hydrogen-bond donors (Lipinski definition) is 2. The molecule has 1 unspecified atom stereocenters. The van der Waals surface area contributed by atoms with E-state index in [0.717, 1.165) is 18.4 Å². The summed E-state index contributed by atoms with van der Waals surface area (Å²) in [6, 6.07) is 7.17. The highest BCUT2D eigenvalue weighted by atomic mass is 35.5. The number of rotatable bonds is 6. The average molecular weight is 298 g/mol. The van der Waals surface area contributed by atoms with Crippen molar-refractivity contribution in [1.29, 1.82) is 0 Å². The molecule has 1 atom stereocenters. The number of carbonyl (C=O) groups excluding carboxylic acids is 1. The molecule has 108 valence electrons. The van der Waals surface area contributed by atoms with Crippen molar-refractivity contribution in [1.82, 2.24) is 5.32 Å². The molecular weight excluding hydrogens is 282 g/mol. The van der Waals surface area contributed by atoms with E-state index in [-0.39, 0.29) is 12.5 Å². The number of benzene rings is 1. The van der Waals surface area contributed by atoms with Crippen molar-refractivity contribution in [3.8, 4) is 0 Å². The van der Waals surface area contributed by atoms with Gasteiger partial charge >= 0.3 is 5.97 Å². The number of carboxylic acid groups (broad SMARTS) is 1. The van der Waals surface area contributed by atoms with Gasteiger partial charge in [-0.3, -0.25) is 4.79 Å². The van der Waals surface area contributed by atoms with Gasteiger partial charge < -0.3 is 15.2 Å². The summed E-state index contributed by atoms with van der Waals surface area (Å²) in [7, 11) is 1.30. The van der Waals surface area contributed by atoms with E-state index in [1.807, 2.05) is 12.1 Å². The Balaban J connectivity index is 2.02. The Kier molecular flexibility index (Phi) is 4.30. The van der Waals surface area contributed by atoms with Crippen LogP contribution >= 0.6 is 11.6 Å². The SMILES string of the molecule is COC(CNC(=O)C1(c2ccc(Cl)cc2)CC1)C(=O)O. The van der Waals surface area contributed by atoms with Crippen molar-refractivity contribution in [3.05, 3.63) is 34.9 Å². The summed E-state index contributed by atoms with van der Waals surface area (Å²) in [5.74, 6) is -1.26. The average Bonchev–Trinajstić information content (AvgIpc) is 3.21. The molecule has 1 fully saturated rings. The van der Waals surface area contributed by atoms with Gasteiger partial charge in [0, 0.05) is 12.1 Å². The minimum absolute atomic E-state index is 0.0417. The third-order valence-electron chi connectivity index (χ3n) is 3.59. The molecule has 5 nitrogen and oxygen atoms in total. The quantitative estimate of drug-likeness (QED) is 0.836. The second-order valence-electron chi connectivity index (χ2n) is 4.86. The second-order valence-corrected chi connectivity index (χ2v) is 5.30. The standard InChI is InChI=1S/C14H16ClNO4/c1-20-11(12(17)18)8-16-13(19)14(6-7-14)9-2-4-10(15)5-3-9/h2-5,11H,6-8H2,1H3,(H,16,19)(H,17,18). The van der Waals surface area contributed by atoms with Crippen LogP contribution in [0.15, 0.2) is 24.3 Å². The van der Waals surface area contributed by atoms with Crippen LogP contribution in [0.4, 0.5) is 0 Å². The van der Waals surface area contributed by atoms with Crippen LogP contribution in [-0.2, 0) is 19.7 Å². The van der Waals surface area contributed by atoms with Crippen LogP contribution in [0.3, 0.4) is 0 Å². The normalized spacial score (nSPS) is 17.3. The van der Waals surface area contributed by atoms with Gasteiger partial charge in [-0.15, -0.1) is 0 Å². The first-order valence-electron chi connectivity index (χ1n) is 6.29. The Morgan fingerprint density at radius 1 is 1.40 bits per heavy atom. The maximum absolute atomic E-state index is 12.3. The number of ether oxygens (including phenoxy) is 1. The molecular formula is C14H16ClNO4. The lowest BCUT2D eigenvalue weighted by Gasteiger charge is -2.18. The summed E-state index contributed by atoms with van der Waals surface area (Å²) in [5.41, 5.74) is 0.366. The van der Waals surface area contributed by atoms with Crippen molar-refractivity contribution in [2.45, 2.75) is 24.4 Å². The molecule has 0 heterocycles. The predicted octanol–water partition coefficient (Wildman–Crippen LogP) is 1.59. The van der Waals surface area contributed by atoms with E-state index in [1.165, 1.54) is 7.11 Å². The van der Waals surface area contributed by atoms with Crippen molar-refractivity contribution in [2.75, 3.05) is 13.7 Å². The zero-order valence-electron chi connectivity index (χ0n) is 11.1. The molecule has 1 saturated carbocycles. The van der Waals surface area contributed by atoms with Gasteiger partial charge in [-0.25, -0.2) is 4.79 Å². The Labute approximate surface area is 121 Å². The minimum Gasteiger partial charge on any atom is -0.479 e. The van der Waals surface area contributed by atoms with Gasteiger partial charge in [0.25, 0.3) is 0 Å². The molecule has 0 saturated heterocycles. The zero-order chi connectivity index (χ0) is 14.8.